The zero-order valence-electron chi connectivity index (χ0n) is 6.43. The van der Waals surface area contributed by atoms with E-state index in [-0.39, 0.29) is 11.1 Å². The number of carboxylic acids is 2. The highest BCUT2D eigenvalue weighted by atomic mass is 32.1. The van der Waals surface area contributed by atoms with Crippen molar-refractivity contribution in [1.29, 1.82) is 0 Å². The van der Waals surface area contributed by atoms with Crippen molar-refractivity contribution in [2.24, 2.45) is 5.73 Å². The third-order valence-corrected chi connectivity index (χ3v) is 2.29. The number of hydrogen-bond donors (Lipinski definition) is 3. The highest BCUT2D eigenvalue weighted by Crippen LogP contribution is 2.21. The van der Waals surface area contributed by atoms with Crippen LogP contribution in [0.5, 0.6) is 0 Å². The molecule has 0 aliphatic heterocycles. The summed E-state index contributed by atoms with van der Waals surface area (Å²) in [6.45, 7) is 0. The normalized spacial score (nSPS) is 12.4. The number of aromatic carboxylic acids is 1. The molecule has 0 spiro atoms. The van der Waals surface area contributed by atoms with E-state index in [1.54, 1.807) is 0 Å². The Kier molecular flexibility index (Phi) is 2.64. The molecule has 1 aromatic heterocycles. The van der Waals surface area contributed by atoms with Crippen molar-refractivity contribution in [3.05, 3.63) is 21.9 Å². The molecule has 1 unspecified atom stereocenters. The molecule has 0 fully saturated rings. The van der Waals surface area contributed by atoms with Gasteiger partial charge in [0.1, 0.15) is 6.04 Å². The number of hydrogen-bond acceptors (Lipinski definition) is 4. The lowest BCUT2D eigenvalue weighted by Crippen LogP contribution is -2.22. The third-order valence-electron chi connectivity index (χ3n) is 1.52. The molecule has 1 aromatic rings. The Hall–Kier alpha value is -1.40. The van der Waals surface area contributed by atoms with E-state index >= 15 is 0 Å². The molecule has 5 nitrogen and oxygen atoms in total. The second-order valence-electron chi connectivity index (χ2n) is 2.36. The lowest BCUT2D eigenvalue weighted by Gasteiger charge is -2.04. The van der Waals surface area contributed by atoms with Gasteiger partial charge in [-0.25, -0.2) is 4.79 Å². The van der Waals surface area contributed by atoms with E-state index in [4.69, 9.17) is 15.9 Å². The van der Waals surface area contributed by atoms with E-state index in [2.05, 4.69) is 0 Å². The predicted octanol–water partition coefficient (Wildman–Crippen LogP) is 0.531. The van der Waals surface area contributed by atoms with Crippen molar-refractivity contribution >= 4 is 23.3 Å². The molecular weight excluding hydrogens is 194 g/mol. The van der Waals surface area contributed by atoms with Crippen LogP contribution in [0.25, 0.3) is 0 Å². The van der Waals surface area contributed by atoms with Crippen LogP contribution in [-0.4, -0.2) is 22.2 Å². The van der Waals surface area contributed by atoms with Crippen LogP contribution in [0, 0.1) is 0 Å². The molecule has 1 rings (SSSR count). The Labute approximate surface area is 77.4 Å². The van der Waals surface area contributed by atoms with Gasteiger partial charge in [-0.2, -0.15) is 11.3 Å². The Morgan fingerprint density at radius 2 is 2.00 bits per heavy atom. The molecule has 13 heavy (non-hydrogen) atoms. The van der Waals surface area contributed by atoms with Crippen molar-refractivity contribution < 1.29 is 19.8 Å². The van der Waals surface area contributed by atoms with E-state index in [1.165, 1.54) is 10.8 Å². The fraction of sp³-hybridized carbons (Fsp3) is 0.143. The summed E-state index contributed by atoms with van der Waals surface area (Å²) in [4.78, 5) is 21.0. The van der Waals surface area contributed by atoms with Crippen LogP contribution >= 0.6 is 11.3 Å². The molecule has 0 amide bonds. The van der Waals surface area contributed by atoms with Crippen molar-refractivity contribution in [1.82, 2.24) is 0 Å². The first-order valence-electron chi connectivity index (χ1n) is 3.31. The lowest BCUT2D eigenvalue weighted by atomic mass is 10.1. The van der Waals surface area contributed by atoms with E-state index in [1.807, 2.05) is 0 Å². The molecule has 4 N–H and O–H groups in total. The zero-order chi connectivity index (χ0) is 10.0. The number of aliphatic carboxylic acids is 1. The van der Waals surface area contributed by atoms with Gasteiger partial charge < -0.3 is 15.9 Å². The number of rotatable bonds is 3. The minimum atomic E-state index is -1.27. The molecule has 0 bridgehead atoms. The minimum absolute atomic E-state index is 0.0418. The summed E-state index contributed by atoms with van der Waals surface area (Å²) < 4.78 is 0. The van der Waals surface area contributed by atoms with Crippen LogP contribution in [0.1, 0.15) is 22.0 Å². The number of thiophene rings is 1. The topological polar surface area (TPSA) is 101 Å². The molecule has 1 atom stereocenters. The first-order valence-corrected chi connectivity index (χ1v) is 4.26. The Morgan fingerprint density at radius 3 is 2.46 bits per heavy atom. The maximum Gasteiger partial charge on any atom is 0.336 e. The fourth-order valence-corrected chi connectivity index (χ4v) is 1.72. The van der Waals surface area contributed by atoms with Gasteiger partial charge in [0.05, 0.1) is 5.56 Å². The van der Waals surface area contributed by atoms with Crippen LogP contribution in [0.2, 0.25) is 0 Å². The van der Waals surface area contributed by atoms with Crippen LogP contribution in [0.3, 0.4) is 0 Å². The Bertz CT molecular complexity index is 346. The van der Waals surface area contributed by atoms with Gasteiger partial charge in [-0.3, -0.25) is 4.79 Å². The van der Waals surface area contributed by atoms with Gasteiger partial charge in [0.2, 0.25) is 0 Å². The average Bonchev–Trinajstić information content (AvgIpc) is 2.50. The van der Waals surface area contributed by atoms with Gasteiger partial charge in [-0.05, 0) is 5.38 Å². The van der Waals surface area contributed by atoms with Crippen molar-refractivity contribution in [3.63, 3.8) is 0 Å². The Morgan fingerprint density at radius 1 is 1.38 bits per heavy atom. The molecule has 0 saturated carbocycles. The second-order valence-corrected chi connectivity index (χ2v) is 3.11. The molecule has 0 saturated heterocycles. The molecule has 0 aliphatic carbocycles. The van der Waals surface area contributed by atoms with Crippen molar-refractivity contribution in [3.8, 4) is 0 Å². The van der Waals surface area contributed by atoms with E-state index in [0.29, 0.717) is 0 Å². The van der Waals surface area contributed by atoms with Gasteiger partial charge in [0.15, 0.2) is 0 Å². The van der Waals surface area contributed by atoms with Crippen molar-refractivity contribution in [2.45, 2.75) is 6.04 Å². The van der Waals surface area contributed by atoms with E-state index in [9.17, 15) is 9.59 Å². The maximum absolute atomic E-state index is 10.6. The third kappa shape index (κ3) is 1.85. The maximum atomic E-state index is 10.6. The smallest absolute Gasteiger partial charge is 0.336 e. The number of nitrogens with two attached hydrogens (primary N) is 1. The highest BCUT2D eigenvalue weighted by Gasteiger charge is 2.21. The summed E-state index contributed by atoms with van der Waals surface area (Å²) in [6.07, 6.45) is 0. The highest BCUT2D eigenvalue weighted by molar-refractivity contribution is 7.08. The average molecular weight is 201 g/mol. The quantitative estimate of drug-likeness (QED) is 0.662. The lowest BCUT2D eigenvalue weighted by molar-refractivity contribution is -0.138. The molecule has 0 radical (unpaired) electrons. The number of carboxylic acid groups (broad SMARTS) is 2. The molecule has 1 heterocycles. The van der Waals surface area contributed by atoms with Crippen LogP contribution in [0.15, 0.2) is 10.8 Å². The monoisotopic (exact) mass is 201 g/mol. The second kappa shape index (κ2) is 3.55. The summed E-state index contributed by atoms with van der Waals surface area (Å²) in [5, 5.41) is 20.0. The summed E-state index contributed by atoms with van der Waals surface area (Å²) in [5.41, 5.74) is 5.37. The number of carbonyl (C=O) groups is 2. The van der Waals surface area contributed by atoms with Gasteiger partial charge in [0.25, 0.3) is 0 Å². The van der Waals surface area contributed by atoms with Gasteiger partial charge in [0, 0.05) is 10.9 Å². The SMILES string of the molecule is NC(C(=O)O)c1cscc1C(=O)O. The van der Waals surface area contributed by atoms with Gasteiger partial charge in [-0.1, -0.05) is 0 Å². The van der Waals surface area contributed by atoms with Crippen LogP contribution in [0.4, 0.5) is 0 Å². The van der Waals surface area contributed by atoms with Crippen molar-refractivity contribution in [2.75, 3.05) is 0 Å². The molecule has 70 valence electrons. The molecule has 0 aliphatic rings. The fourth-order valence-electron chi connectivity index (χ4n) is 0.855. The standard InChI is InChI=1S/C7H7NO4S/c8-5(7(11)12)3-1-13-2-4(3)6(9)10/h1-2,5H,8H2,(H,9,10)(H,11,12). The predicted molar refractivity (Wildman–Crippen MR) is 45.8 cm³/mol. The molecule has 0 aromatic carbocycles. The minimum Gasteiger partial charge on any atom is -0.480 e. The Balaban J connectivity index is 3.07. The first kappa shape index (κ1) is 9.69. The summed E-state index contributed by atoms with van der Waals surface area (Å²) in [6, 6.07) is -1.27. The van der Waals surface area contributed by atoms with E-state index < -0.39 is 18.0 Å². The summed E-state index contributed by atoms with van der Waals surface area (Å²) in [5.74, 6) is -2.39. The molecule has 6 heteroatoms. The van der Waals surface area contributed by atoms with Crippen LogP contribution < -0.4 is 5.73 Å². The summed E-state index contributed by atoms with van der Waals surface area (Å²) in [7, 11) is 0. The largest absolute Gasteiger partial charge is 0.480 e. The van der Waals surface area contributed by atoms with Gasteiger partial charge in [-0.15, -0.1) is 0 Å². The zero-order valence-corrected chi connectivity index (χ0v) is 7.25. The van der Waals surface area contributed by atoms with E-state index in [0.717, 1.165) is 11.3 Å². The first-order chi connectivity index (χ1) is 6.04. The van der Waals surface area contributed by atoms with Gasteiger partial charge >= 0.3 is 11.9 Å². The van der Waals surface area contributed by atoms with Crippen LogP contribution in [-0.2, 0) is 4.79 Å². The summed E-state index contributed by atoms with van der Waals surface area (Å²) >= 11 is 1.12. The molecular formula is C7H7NO4S.